The summed E-state index contributed by atoms with van der Waals surface area (Å²) in [6.07, 6.45) is 0. The van der Waals surface area contributed by atoms with Crippen LogP contribution in [0.3, 0.4) is 0 Å². The average Bonchev–Trinajstić information content (AvgIpc) is 2.83. The molecule has 0 radical (unpaired) electrons. The Balaban J connectivity index is 2.20. The summed E-state index contributed by atoms with van der Waals surface area (Å²) in [5.41, 5.74) is 2.11. The van der Waals surface area contributed by atoms with E-state index >= 15 is 0 Å². The summed E-state index contributed by atoms with van der Waals surface area (Å²) in [5.74, 6) is 0.580. The van der Waals surface area contributed by atoms with E-state index in [1.54, 1.807) is 0 Å². The minimum Gasteiger partial charge on any atom is -0.227 e. The zero-order valence-electron chi connectivity index (χ0n) is 11.9. The fourth-order valence-corrected chi connectivity index (χ4v) is 3.42. The Hall–Kier alpha value is -1.16. The van der Waals surface area contributed by atoms with Gasteiger partial charge in [-0.15, -0.1) is 11.3 Å². The van der Waals surface area contributed by atoms with Crippen LogP contribution in [0.2, 0.25) is 10.2 Å². The van der Waals surface area contributed by atoms with Gasteiger partial charge in [0, 0.05) is 5.39 Å². The van der Waals surface area contributed by atoms with Crippen LogP contribution >= 0.6 is 34.5 Å². The highest BCUT2D eigenvalue weighted by atomic mass is 35.5. The lowest BCUT2D eigenvalue weighted by Gasteiger charge is -2.19. The summed E-state index contributed by atoms with van der Waals surface area (Å²) >= 11 is 14.0. The standard InChI is InChI=1S/C16H14Cl2N2S/c1-16(2,3)9-4-5-12-10(8-9)14(18)20-15(19-12)13-11(17)6-7-21-13/h4-8H,1-3H3. The third kappa shape index (κ3) is 2.78. The first-order valence-electron chi connectivity index (χ1n) is 6.57. The van der Waals surface area contributed by atoms with Gasteiger partial charge in [0.2, 0.25) is 0 Å². The van der Waals surface area contributed by atoms with Crippen LogP contribution in [0, 0.1) is 0 Å². The first-order chi connectivity index (χ1) is 9.86. The zero-order valence-corrected chi connectivity index (χ0v) is 14.3. The van der Waals surface area contributed by atoms with Crippen LogP contribution in [0.25, 0.3) is 21.6 Å². The Labute approximate surface area is 137 Å². The van der Waals surface area contributed by atoms with Crippen LogP contribution in [0.15, 0.2) is 29.6 Å². The molecule has 3 rings (SSSR count). The molecule has 21 heavy (non-hydrogen) atoms. The normalized spacial score (nSPS) is 12.0. The van der Waals surface area contributed by atoms with Crippen molar-refractivity contribution in [2.75, 3.05) is 0 Å². The second kappa shape index (κ2) is 5.24. The Kier molecular flexibility index (Phi) is 3.68. The van der Waals surface area contributed by atoms with E-state index < -0.39 is 0 Å². The summed E-state index contributed by atoms with van der Waals surface area (Å²) in [7, 11) is 0. The number of aromatic nitrogens is 2. The van der Waals surface area contributed by atoms with Crippen molar-refractivity contribution in [1.82, 2.24) is 9.97 Å². The maximum Gasteiger partial charge on any atom is 0.173 e. The fourth-order valence-electron chi connectivity index (χ4n) is 2.11. The number of hydrogen-bond acceptors (Lipinski definition) is 3. The topological polar surface area (TPSA) is 25.8 Å². The van der Waals surface area contributed by atoms with Gasteiger partial charge in [-0.05, 0) is 34.6 Å². The van der Waals surface area contributed by atoms with E-state index in [0.717, 1.165) is 15.8 Å². The second-order valence-electron chi connectivity index (χ2n) is 5.92. The van der Waals surface area contributed by atoms with Crippen LogP contribution in [-0.2, 0) is 5.41 Å². The molecule has 0 saturated carbocycles. The number of benzene rings is 1. The Morgan fingerprint density at radius 2 is 1.81 bits per heavy atom. The molecule has 0 amide bonds. The van der Waals surface area contributed by atoms with E-state index in [9.17, 15) is 0 Å². The third-order valence-electron chi connectivity index (χ3n) is 3.34. The smallest absolute Gasteiger partial charge is 0.173 e. The van der Waals surface area contributed by atoms with Gasteiger partial charge in [-0.3, -0.25) is 0 Å². The predicted octanol–water partition coefficient (Wildman–Crippen LogP) is 5.96. The molecule has 2 aromatic heterocycles. The van der Waals surface area contributed by atoms with E-state index in [0.29, 0.717) is 16.0 Å². The molecule has 0 N–H and O–H groups in total. The van der Waals surface area contributed by atoms with Gasteiger partial charge in [-0.1, -0.05) is 50.0 Å². The molecule has 3 aromatic rings. The zero-order chi connectivity index (χ0) is 15.2. The Morgan fingerprint density at radius 3 is 2.43 bits per heavy atom. The van der Waals surface area contributed by atoms with E-state index in [4.69, 9.17) is 23.2 Å². The lowest BCUT2D eigenvalue weighted by atomic mass is 9.86. The summed E-state index contributed by atoms with van der Waals surface area (Å²) in [6, 6.07) is 7.99. The first kappa shape index (κ1) is 14.8. The number of nitrogens with zero attached hydrogens (tertiary/aromatic N) is 2. The highest BCUT2D eigenvalue weighted by molar-refractivity contribution is 7.14. The summed E-state index contributed by atoms with van der Waals surface area (Å²) in [5, 5.41) is 3.91. The highest BCUT2D eigenvalue weighted by Gasteiger charge is 2.17. The van der Waals surface area contributed by atoms with Crippen molar-refractivity contribution in [1.29, 1.82) is 0 Å². The van der Waals surface area contributed by atoms with Crippen LogP contribution in [0.4, 0.5) is 0 Å². The van der Waals surface area contributed by atoms with Crippen molar-refractivity contribution in [3.8, 4) is 10.7 Å². The maximum atomic E-state index is 6.36. The van der Waals surface area contributed by atoms with Crippen LogP contribution in [-0.4, -0.2) is 9.97 Å². The fraction of sp³-hybridized carbons (Fsp3) is 0.250. The molecule has 0 unspecified atom stereocenters. The quantitative estimate of drug-likeness (QED) is 0.512. The largest absolute Gasteiger partial charge is 0.227 e. The lowest BCUT2D eigenvalue weighted by molar-refractivity contribution is 0.591. The number of thiophene rings is 1. The van der Waals surface area contributed by atoms with Gasteiger partial charge in [0.1, 0.15) is 5.15 Å². The highest BCUT2D eigenvalue weighted by Crippen LogP contribution is 2.34. The van der Waals surface area contributed by atoms with Gasteiger partial charge in [0.15, 0.2) is 5.82 Å². The molecule has 0 aliphatic rings. The molecule has 0 saturated heterocycles. The van der Waals surface area contributed by atoms with Crippen molar-refractivity contribution in [3.05, 3.63) is 45.4 Å². The molecule has 2 heterocycles. The predicted molar refractivity (Wildman–Crippen MR) is 91.6 cm³/mol. The van der Waals surface area contributed by atoms with Crippen LogP contribution < -0.4 is 0 Å². The van der Waals surface area contributed by atoms with E-state index in [1.165, 1.54) is 16.9 Å². The van der Waals surface area contributed by atoms with Gasteiger partial charge >= 0.3 is 0 Å². The molecular weight excluding hydrogens is 323 g/mol. The monoisotopic (exact) mass is 336 g/mol. The first-order valence-corrected chi connectivity index (χ1v) is 8.21. The molecule has 2 nitrogen and oxygen atoms in total. The number of halogens is 2. The average molecular weight is 337 g/mol. The second-order valence-corrected chi connectivity index (χ2v) is 7.60. The van der Waals surface area contributed by atoms with Gasteiger partial charge in [-0.2, -0.15) is 0 Å². The van der Waals surface area contributed by atoms with Crippen molar-refractivity contribution in [3.63, 3.8) is 0 Å². The number of fused-ring (bicyclic) bond motifs is 1. The third-order valence-corrected chi connectivity index (χ3v) is 4.96. The lowest BCUT2D eigenvalue weighted by Crippen LogP contribution is -2.10. The molecule has 0 aliphatic carbocycles. The van der Waals surface area contributed by atoms with Gasteiger partial charge < -0.3 is 0 Å². The van der Waals surface area contributed by atoms with Crippen molar-refractivity contribution < 1.29 is 0 Å². The Morgan fingerprint density at radius 1 is 1.05 bits per heavy atom. The minimum absolute atomic E-state index is 0.0627. The number of hydrogen-bond donors (Lipinski definition) is 0. The van der Waals surface area contributed by atoms with Crippen molar-refractivity contribution in [2.24, 2.45) is 0 Å². The van der Waals surface area contributed by atoms with Gasteiger partial charge in [0.05, 0.1) is 15.4 Å². The molecule has 0 aliphatic heterocycles. The summed E-state index contributed by atoms with van der Waals surface area (Å²) in [6.45, 7) is 6.51. The number of rotatable bonds is 1. The molecule has 5 heteroatoms. The molecule has 0 fully saturated rings. The van der Waals surface area contributed by atoms with E-state index in [1.807, 2.05) is 17.5 Å². The van der Waals surface area contributed by atoms with Crippen LogP contribution in [0.5, 0.6) is 0 Å². The summed E-state index contributed by atoms with van der Waals surface area (Å²) in [4.78, 5) is 9.85. The molecule has 1 aromatic carbocycles. The maximum absolute atomic E-state index is 6.36. The molecular formula is C16H14Cl2N2S. The molecule has 0 atom stereocenters. The molecule has 0 bridgehead atoms. The van der Waals surface area contributed by atoms with Crippen molar-refractivity contribution in [2.45, 2.75) is 26.2 Å². The van der Waals surface area contributed by atoms with Gasteiger partial charge in [-0.25, -0.2) is 9.97 Å². The van der Waals surface area contributed by atoms with Gasteiger partial charge in [0.25, 0.3) is 0 Å². The van der Waals surface area contributed by atoms with Crippen LogP contribution in [0.1, 0.15) is 26.3 Å². The minimum atomic E-state index is 0.0627. The van der Waals surface area contributed by atoms with E-state index in [2.05, 4.69) is 42.9 Å². The molecule has 0 spiro atoms. The SMILES string of the molecule is CC(C)(C)c1ccc2nc(-c3sccc3Cl)nc(Cl)c2c1. The summed E-state index contributed by atoms with van der Waals surface area (Å²) < 4.78 is 0. The molecule has 108 valence electrons. The van der Waals surface area contributed by atoms with Crippen molar-refractivity contribution >= 4 is 45.4 Å². The Bertz CT molecular complexity index is 819. The van der Waals surface area contributed by atoms with E-state index in [-0.39, 0.29) is 5.41 Å².